The fourth-order valence-electron chi connectivity index (χ4n) is 5.95. The summed E-state index contributed by atoms with van der Waals surface area (Å²) >= 11 is 0. The molecule has 4 unspecified atom stereocenters. The highest BCUT2D eigenvalue weighted by Crippen LogP contribution is 2.39. The van der Waals surface area contributed by atoms with Crippen molar-refractivity contribution < 1.29 is 39.6 Å². The van der Waals surface area contributed by atoms with Gasteiger partial charge in [0.25, 0.3) is 0 Å². The van der Waals surface area contributed by atoms with E-state index in [0.29, 0.717) is 31.6 Å². The molecule has 0 fully saturated rings. The third-order valence-electron chi connectivity index (χ3n) is 9.90. The fraction of sp³-hybridized carbons (Fsp3) is 0.680. The number of hydrogen-bond acceptors (Lipinski definition) is 4. The molecule has 0 aliphatic heterocycles. The molecule has 0 bridgehead atoms. The Kier molecular flexibility index (Phi) is 37.1. The SMILES string of the molecule is C=CC(C)(CCC=C(C)C)C(C(=O)O)C(C)C.CC(C)=CCC/C(C)=C/CC(C(=O)O)C(C)C.CC(C)CCC(=O)O.CCC(C/C=C(\C)CCC=C(C)C)C(=O)O. The minimum absolute atomic E-state index is 0.113. The van der Waals surface area contributed by atoms with E-state index in [1.165, 1.54) is 27.9 Å². The van der Waals surface area contributed by atoms with Gasteiger partial charge in [-0.3, -0.25) is 19.2 Å². The minimum atomic E-state index is -0.723. The first kappa shape index (κ1) is 61.0. The Morgan fingerprint density at radius 3 is 1.29 bits per heavy atom. The van der Waals surface area contributed by atoms with Gasteiger partial charge in [-0.15, -0.1) is 6.58 Å². The molecule has 0 aliphatic carbocycles. The molecule has 8 nitrogen and oxygen atoms in total. The predicted octanol–water partition coefficient (Wildman–Crippen LogP) is 14.4. The van der Waals surface area contributed by atoms with Crippen LogP contribution >= 0.6 is 0 Å². The van der Waals surface area contributed by atoms with Crippen LogP contribution in [0.3, 0.4) is 0 Å². The number of aliphatic carboxylic acids is 4. The maximum atomic E-state index is 11.4. The van der Waals surface area contributed by atoms with Gasteiger partial charge in [0, 0.05) is 6.42 Å². The number of carbonyl (C=O) groups is 4. The topological polar surface area (TPSA) is 149 Å². The van der Waals surface area contributed by atoms with Crippen molar-refractivity contribution in [1.29, 1.82) is 0 Å². The maximum absolute atomic E-state index is 11.4. The van der Waals surface area contributed by atoms with Crippen LogP contribution in [0.1, 0.15) is 181 Å². The van der Waals surface area contributed by atoms with E-state index < -0.39 is 23.9 Å². The van der Waals surface area contributed by atoms with Crippen LogP contribution in [0.5, 0.6) is 0 Å². The third kappa shape index (κ3) is 36.6. The molecule has 336 valence electrons. The van der Waals surface area contributed by atoms with Gasteiger partial charge in [-0.2, -0.15) is 0 Å². The summed E-state index contributed by atoms with van der Waals surface area (Å²) in [5, 5.41) is 35.5. The smallest absolute Gasteiger partial charge is 0.307 e. The second-order valence-corrected chi connectivity index (χ2v) is 17.8. The summed E-state index contributed by atoms with van der Waals surface area (Å²) in [6.07, 6.45) is 21.5. The molecular formula is C50H88O8. The average Bonchev–Trinajstić information content (AvgIpc) is 3.07. The van der Waals surface area contributed by atoms with Crippen LogP contribution in [-0.2, 0) is 19.2 Å². The van der Waals surface area contributed by atoms with Crippen LogP contribution in [0.25, 0.3) is 0 Å². The molecule has 0 aromatic carbocycles. The first-order valence-corrected chi connectivity index (χ1v) is 21.4. The molecule has 58 heavy (non-hydrogen) atoms. The zero-order valence-electron chi connectivity index (χ0n) is 39.8. The summed E-state index contributed by atoms with van der Waals surface area (Å²) in [6, 6.07) is 0. The van der Waals surface area contributed by atoms with Gasteiger partial charge in [-0.1, -0.05) is 120 Å². The van der Waals surface area contributed by atoms with Crippen LogP contribution in [-0.4, -0.2) is 44.3 Å². The van der Waals surface area contributed by atoms with Crippen molar-refractivity contribution >= 4 is 23.9 Å². The first-order chi connectivity index (χ1) is 26.7. The van der Waals surface area contributed by atoms with E-state index in [0.717, 1.165) is 44.9 Å². The Labute approximate surface area is 355 Å². The zero-order valence-corrected chi connectivity index (χ0v) is 39.8. The van der Waals surface area contributed by atoms with Crippen molar-refractivity contribution in [1.82, 2.24) is 0 Å². The molecule has 0 spiro atoms. The van der Waals surface area contributed by atoms with Gasteiger partial charge in [0.15, 0.2) is 0 Å². The molecule has 0 aromatic rings. The second kappa shape index (κ2) is 35.3. The van der Waals surface area contributed by atoms with Crippen molar-refractivity contribution in [3.8, 4) is 0 Å². The number of rotatable bonds is 24. The molecule has 0 aliphatic rings. The number of carboxylic acids is 4. The minimum Gasteiger partial charge on any atom is -0.481 e. The third-order valence-corrected chi connectivity index (χ3v) is 9.90. The molecule has 0 amide bonds. The Bertz CT molecular complexity index is 1330. The summed E-state index contributed by atoms with van der Waals surface area (Å²) in [7, 11) is 0. The van der Waals surface area contributed by atoms with Gasteiger partial charge in [0.05, 0.1) is 17.8 Å². The van der Waals surface area contributed by atoms with Crippen LogP contribution in [0.2, 0.25) is 0 Å². The lowest BCUT2D eigenvalue weighted by atomic mass is 9.69. The first-order valence-electron chi connectivity index (χ1n) is 21.4. The van der Waals surface area contributed by atoms with Crippen molar-refractivity contribution in [3.63, 3.8) is 0 Å². The summed E-state index contributed by atoms with van der Waals surface area (Å²) < 4.78 is 0. The Morgan fingerprint density at radius 2 is 1.02 bits per heavy atom. The van der Waals surface area contributed by atoms with E-state index in [1.54, 1.807) is 0 Å². The maximum Gasteiger partial charge on any atom is 0.307 e. The second-order valence-electron chi connectivity index (χ2n) is 17.8. The normalized spacial score (nSPS) is 13.8. The average molecular weight is 817 g/mol. The van der Waals surface area contributed by atoms with Gasteiger partial charge in [0.1, 0.15) is 0 Å². The van der Waals surface area contributed by atoms with Crippen LogP contribution in [0.4, 0.5) is 0 Å². The van der Waals surface area contributed by atoms with Crippen LogP contribution < -0.4 is 0 Å². The van der Waals surface area contributed by atoms with E-state index in [2.05, 4.69) is 92.3 Å². The number of hydrogen-bond donors (Lipinski definition) is 4. The Morgan fingerprint density at radius 1 is 0.586 bits per heavy atom. The molecule has 0 aromatic heterocycles. The van der Waals surface area contributed by atoms with E-state index in [4.69, 9.17) is 15.3 Å². The molecule has 0 rings (SSSR count). The molecule has 0 heterocycles. The molecule has 0 saturated heterocycles. The quantitative estimate of drug-likeness (QED) is 0.0703. The monoisotopic (exact) mass is 817 g/mol. The molecule has 0 saturated carbocycles. The molecule has 0 radical (unpaired) electrons. The highest BCUT2D eigenvalue weighted by atomic mass is 16.4. The molecular weight excluding hydrogens is 729 g/mol. The summed E-state index contributed by atoms with van der Waals surface area (Å²) in [4.78, 5) is 43.1. The zero-order chi connectivity index (χ0) is 46.2. The summed E-state index contributed by atoms with van der Waals surface area (Å²) in [6.45, 7) is 36.3. The molecule has 4 N–H and O–H groups in total. The summed E-state index contributed by atoms with van der Waals surface area (Å²) in [5.41, 5.74) is 6.18. The fourth-order valence-corrected chi connectivity index (χ4v) is 5.95. The van der Waals surface area contributed by atoms with Gasteiger partial charge in [-0.05, 0) is 143 Å². The lowest BCUT2D eigenvalue weighted by Crippen LogP contribution is -2.35. The van der Waals surface area contributed by atoms with Crippen molar-refractivity contribution in [2.24, 2.45) is 40.9 Å². The van der Waals surface area contributed by atoms with Crippen LogP contribution in [0.15, 0.2) is 70.9 Å². The van der Waals surface area contributed by atoms with E-state index in [1.807, 2.05) is 61.5 Å². The van der Waals surface area contributed by atoms with Gasteiger partial charge in [-0.25, -0.2) is 0 Å². The lowest BCUT2D eigenvalue weighted by Gasteiger charge is -2.34. The van der Waals surface area contributed by atoms with Gasteiger partial charge in [0.2, 0.25) is 0 Å². The standard InChI is InChI=1S/2C15H26O2.C14H24O2.C6H12O2/c1-11(2)7-6-8-13(5)9-10-14(12(3)4)15(16)17;1-7-15(6,10-8-9-11(2)3)13(12(4)5)14(16)17;1-5-13(14(15)16)10-9-12(4)8-6-7-11(2)3;1-5(2)3-4-6(7)8/h7,9,12,14H,6,8,10H2,1-5H3,(H,16,17);7,9,12-13H,1,8,10H2,2-6H3,(H,16,17);7,9,13H,5-6,8,10H2,1-4H3,(H,15,16);5H,3-4H2,1-2H3,(H,7,8)/b13-9+;;12-9+;. The van der Waals surface area contributed by atoms with E-state index >= 15 is 0 Å². The number of carboxylic acid groups (broad SMARTS) is 4. The highest BCUT2D eigenvalue weighted by molar-refractivity contribution is 5.72. The summed E-state index contributed by atoms with van der Waals surface area (Å²) in [5.74, 6) is -2.83. The van der Waals surface area contributed by atoms with Crippen molar-refractivity contribution in [3.05, 3.63) is 70.9 Å². The Balaban J connectivity index is -0.000000345. The molecule has 4 atom stereocenters. The predicted molar refractivity (Wildman–Crippen MR) is 246 cm³/mol. The highest BCUT2D eigenvalue weighted by Gasteiger charge is 2.38. The number of allylic oxidation sites excluding steroid dienone is 11. The van der Waals surface area contributed by atoms with Crippen LogP contribution in [0, 0.1) is 40.9 Å². The van der Waals surface area contributed by atoms with E-state index in [9.17, 15) is 24.3 Å². The van der Waals surface area contributed by atoms with Crippen molar-refractivity contribution in [2.75, 3.05) is 0 Å². The van der Waals surface area contributed by atoms with Gasteiger partial charge < -0.3 is 20.4 Å². The Hall–Kier alpha value is -3.68. The lowest BCUT2D eigenvalue weighted by molar-refractivity contribution is -0.147. The van der Waals surface area contributed by atoms with E-state index in [-0.39, 0.29) is 35.0 Å². The van der Waals surface area contributed by atoms with Gasteiger partial charge >= 0.3 is 23.9 Å². The molecule has 8 heteroatoms. The largest absolute Gasteiger partial charge is 0.481 e. The van der Waals surface area contributed by atoms with Crippen molar-refractivity contribution in [2.45, 2.75) is 181 Å².